The predicted molar refractivity (Wildman–Crippen MR) is 85.3 cm³/mol. The number of rotatable bonds is 4. The number of nitrogens with zero attached hydrogens (tertiary/aromatic N) is 2. The van der Waals surface area contributed by atoms with Crippen molar-refractivity contribution < 1.29 is 4.74 Å². The van der Waals surface area contributed by atoms with Gasteiger partial charge < -0.3 is 14.6 Å². The van der Waals surface area contributed by atoms with Crippen LogP contribution in [0.2, 0.25) is 0 Å². The quantitative estimate of drug-likeness (QED) is 0.939. The summed E-state index contributed by atoms with van der Waals surface area (Å²) in [6, 6.07) is 4.17. The molecule has 0 spiro atoms. The standard InChI is InChI=1S/C17H25N3O/c1-17(2,3)19-10-13-11-20(12-14-6-5-9-21-14)16-15(13)7-4-8-18-16/h4,7-8,11,14,19H,5-6,9-10,12H2,1-3H3. The molecule has 2 aromatic heterocycles. The minimum atomic E-state index is 0.116. The van der Waals surface area contributed by atoms with Gasteiger partial charge in [0.15, 0.2) is 0 Å². The van der Waals surface area contributed by atoms with Crippen molar-refractivity contribution in [2.75, 3.05) is 6.61 Å². The molecule has 0 aromatic carbocycles. The van der Waals surface area contributed by atoms with Crippen LogP contribution in [0, 0.1) is 0 Å². The number of pyridine rings is 1. The summed E-state index contributed by atoms with van der Waals surface area (Å²) in [5, 5.41) is 4.81. The van der Waals surface area contributed by atoms with E-state index in [9.17, 15) is 0 Å². The number of aromatic nitrogens is 2. The average molecular weight is 287 g/mol. The van der Waals surface area contributed by atoms with Gasteiger partial charge in [-0.3, -0.25) is 0 Å². The topological polar surface area (TPSA) is 39.1 Å². The van der Waals surface area contributed by atoms with Crippen LogP contribution in [0.25, 0.3) is 11.0 Å². The minimum absolute atomic E-state index is 0.116. The Labute approximate surface area is 126 Å². The third-order valence-electron chi connectivity index (χ3n) is 3.95. The summed E-state index contributed by atoms with van der Waals surface area (Å²) in [7, 11) is 0. The van der Waals surface area contributed by atoms with Crippen LogP contribution < -0.4 is 5.32 Å². The Balaban J connectivity index is 1.86. The molecule has 4 heteroatoms. The second-order valence-corrected chi connectivity index (χ2v) is 6.92. The Kier molecular flexibility index (Phi) is 4.00. The monoisotopic (exact) mass is 287 g/mol. The van der Waals surface area contributed by atoms with E-state index in [2.05, 4.69) is 47.9 Å². The van der Waals surface area contributed by atoms with Crippen LogP contribution in [-0.4, -0.2) is 27.8 Å². The molecule has 3 heterocycles. The minimum Gasteiger partial charge on any atom is -0.376 e. The Bertz CT molecular complexity index is 606. The van der Waals surface area contributed by atoms with Crippen LogP contribution in [-0.2, 0) is 17.8 Å². The van der Waals surface area contributed by atoms with Crippen LogP contribution in [0.4, 0.5) is 0 Å². The average Bonchev–Trinajstić information content (AvgIpc) is 3.05. The highest BCUT2D eigenvalue weighted by molar-refractivity contribution is 5.80. The molecule has 0 radical (unpaired) electrons. The third-order valence-corrected chi connectivity index (χ3v) is 3.95. The van der Waals surface area contributed by atoms with Gasteiger partial charge in [0, 0.05) is 36.5 Å². The molecular weight excluding hydrogens is 262 g/mol. The van der Waals surface area contributed by atoms with Gasteiger partial charge in [-0.15, -0.1) is 0 Å². The van der Waals surface area contributed by atoms with Gasteiger partial charge >= 0.3 is 0 Å². The van der Waals surface area contributed by atoms with E-state index in [1.54, 1.807) is 0 Å². The van der Waals surface area contributed by atoms with Gasteiger partial charge in [-0.2, -0.15) is 0 Å². The molecule has 0 aliphatic carbocycles. The Morgan fingerprint density at radius 3 is 3.00 bits per heavy atom. The smallest absolute Gasteiger partial charge is 0.140 e. The molecule has 3 rings (SSSR count). The van der Waals surface area contributed by atoms with Crippen molar-refractivity contribution in [1.29, 1.82) is 0 Å². The second kappa shape index (κ2) is 5.78. The van der Waals surface area contributed by atoms with Crippen LogP contribution in [0.5, 0.6) is 0 Å². The number of ether oxygens (including phenoxy) is 1. The van der Waals surface area contributed by atoms with Crippen molar-refractivity contribution in [2.45, 2.75) is 58.3 Å². The van der Waals surface area contributed by atoms with Gasteiger partial charge in [-0.1, -0.05) is 0 Å². The number of hydrogen-bond acceptors (Lipinski definition) is 3. The summed E-state index contributed by atoms with van der Waals surface area (Å²) in [6.07, 6.45) is 6.77. The second-order valence-electron chi connectivity index (χ2n) is 6.92. The van der Waals surface area contributed by atoms with Crippen molar-refractivity contribution in [3.05, 3.63) is 30.1 Å². The molecule has 1 saturated heterocycles. The zero-order chi connectivity index (χ0) is 14.9. The van der Waals surface area contributed by atoms with Crippen molar-refractivity contribution in [2.24, 2.45) is 0 Å². The molecule has 1 unspecified atom stereocenters. The predicted octanol–water partition coefficient (Wildman–Crippen LogP) is 3.10. The van der Waals surface area contributed by atoms with Crippen molar-refractivity contribution in [1.82, 2.24) is 14.9 Å². The highest BCUT2D eigenvalue weighted by Crippen LogP contribution is 2.22. The van der Waals surface area contributed by atoms with Crippen LogP contribution in [0.15, 0.2) is 24.5 Å². The first kappa shape index (κ1) is 14.5. The van der Waals surface area contributed by atoms with Gasteiger partial charge in [-0.05, 0) is 51.3 Å². The molecule has 114 valence electrons. The van der Waals surface area contributed by atoms with Crippen molar-refractivity contribution in [3.63, 3.8) is 0 Å². The first-order valence-electron chi connectivity index (χ1n) is 7.82. The van der Waals surface area contributed by atoms with E-state index in [1.807, 2.05) is 12.3 Å². The van der Waals surface area contributed by atoms with Gasteiger partial charge in [-0.25, -0.2) is 4.98 Å². The third kappa shape index (κ3) is 3.44. The van der Waals surface area contributed by atoms with Gasteiger partial charge in [0.25, 0.3) is 0 Å². The summed E-state index contributed by atoms with van der Waals surface area (Å²) < 4.78 is 8.02. The van der Waals surface area contributed by atoms with Gasteiger partial charge in [0.1, 0.15) is 5.65 Å². The molecule has 1 fully saturated rings. The highest BCUT2D eigenvalue weighted by atomic mass is 16.5. The zero-order valence-corrected chi connectivity index (χ0v) is 13.2. The lowest BCUT2D eigenvalue weighted by atomic mass is 10.1. The maximum atomic E-state index is 5.77. The van der Waals surface area contributed by atoms with Crippen molar-refractivity contribution in [3.8, 4) is 0 Å². The first-order chi connectivity index (χ1) is 10.0. The van der Waals surface area contributed by atoms with E-state index in [4.69, 9.17) is 4.74 Å². The summed E-state index contributed by atoms with van der Waals surface area (Å²) in [6.45, 7) is 9.24. The zero-order valence-electron chi connectivity index (χ0n) is 13.2. The molecule has 1 atom stereocenters. The molecule has 0 bridgehead atoms. The van der Waals surface area contributed by atoms with E-state index >= 15 is 0 Å². The molecule has 1 aliphatic heterocycles. The Morgan fingerprint density at radius 2 is 2.29 bits per heavy atom. The molecule has 4 nitrogen and oxygen atoms in total. The number of fused-ring (bicyclic) bond motifs is 1. The highest BCUT2D eigenvalue weighted by Gasteiger charge is 2.19. The largest absolute Gasteiger partial charge is 0.376 e. The molecular formula is C17H25N3O. The van der Waals surface area contributed by atoms with E-state index in [1.165, 1.54) is 17.4 Å². The summed E-state index contributed by atoms with van der Waals surface area (Å²) in [5.74, 6) is 0. The molecule has 1 aliphatic rings. The Hall–Kier alpha value is -1.39. The van der Waals surface area contributed by atoms with E-state index in [0.29, 0.717) is 6.10 Å². The lowest BCUT2D eigenvalue weighted by molar-refractivity contribution is 0.0979. The maximum Gasteiger partial charge on any atom is 0.140 e. The lowest BCUT2D eigenvalue weighted by Gasteiger charge is -2.20. The molecule has 21 heavy (non-hydrogen) atoms. The van der Waals surface area contributed by atoms with Crippen LogP contribution in [0.3, 0.4) is 0 Å². The Morgan fingerprint density at radius 1 is 1.43 bits per heavy atom. The van der Waals surface area contributed by atoms with Crippen molar-refractivity contribution >= 4 is 11.0 Å². The molecule has 0 saturated carbocycles. The van der Waals surface area contributed by atoms with E-state index < -0.39 is 0 Å². The fourth-order valence-electron chi connectivity index (χ4n) is 2.84. The summed E-state index contributed by atoms with van der Waals surface area (Å²) in [5.41, 5.74) is 2.50. The normalized spacial score (nSPS) is 19.5. The van der Waals surface area contributed by atoms with Gasteiger partial charge in [0.05, 0.1) is 12.6 Å². The van der Waals surface area contributed by atoms with Gasteiger partial charge in [0.2, 0.25) is 0 Å². The van der Waals surface area contributed by atoms with Crippen LogP contribution >= 0.6 is 0 Å². The fraction of sp³-hybridized carbons (Fsp3) is 0.588. The summed E-state index contributed by atoms with van der Waals surface area (Å²) >= 11 is 0. The van der Waals surface area contributed by atoms with E-state index in [0.717, 1.165) is 31.8 Å². The molecule has 1 N–H and O–H groups in total. The maximum absolute atomic E-state index is 5.77. The fourth-order valence-corrected chi connectivity index (χ4v) is 2.84. The number of nitrogens with one attached hydrogen (secondary N) is 1. The first-order valence-corrected chi connectivity index (χ1v) is 7.82. The lowest BCUT2D eigenvalue weighted by Crippen LogP contribution is -2.35. The summed E-state index contributed by atoms with van der Waals surface area (Å²) in [4.78, 5) is 4.57. The molecule has 2 aromatic rings. The van der Waals surface area contributed by atoms with E-state index in [-0.39, 0.29) is 5.54 Å². The molecule has 0 amide bonds. The number of hydrogen-bond donors (Lipinski definition) is 1. The SMILES string of the molecule is CC(C)(C)NCc1cn(CC2CCCO2)c2ncccc12. The van der Waals surface area contributed by atoms with Crippen LogP contribution in [0.1, 0.15) is 39.2 Å².